The number of halogens is 2. The zero-order chi connectivity index (χ0) is 26.1. The molecule has 0 fully saturated rings. The molecule has 0 aliphatic carbocycles. The molecule has 0 spiro atoms. The second-order valence-electron chi connectivity index (χ2n) is 7.82. The SMILES string of the molecule is CN(C)c1ccc(Br)cc1.CN(C)c1ccc(Cc2ccncc2)cc1.[CH2-]c1ccncc1.[Cl][Zn+]. The molecule has 180 valence electrons. The van der Waals surface area contributed by atoms with E-state index < -0.39 is 0 Å². The molecule has 7 heteroatoms. The average Bonchev–Trinajstić information content (AvgIpc) is 2.88. The van der Waals surface area contributed by atoms with Gasteiger partial charge in [-0.05, 0) is 78.5 Å². The average molecular weight is 605 g/mol. The summed E-state index contributed by atoms with van der Waals surface area (Å²) >= 11 is 4.22. The van der Waals surface area contributed by atoms with Crippen LogP contribution in [0.15, 0.2) is 102 Å². The predicted octanol–water partition coefficient (Wildman–Crippen LogP) is 7.20. The van der Waals surface area contributed by atoms with E-state index in [2.05, 4.69) is 105 Å². The molecule has 0 N–H and O–H groups in total. The van der Waals surface area contributed by atoms with Gasteiger partial charge in [-0.1, -0.05) is 28.1 Å². The first-order chi connectivity index (χ1) is 16.8. The number of hydrogen-bond acceptors (Lipinski definition) is 4. The molecule has 0 aliphatic rings. The van der Waals surface area contributed by atoms with Gasteiger partial charge in [0.15, 0.2) is 0 Å². The van der Waals surface area contributed by atoms with Crippen LogP contribution in [0.3, 0.4) is 0 Å². The maximum absolute atomic E-state index is 4.76. The molecule has 0 saturated heterocycles. The van der Waals surface area contributed by atoms with Crippen molar-refractivity contribution in [2.24, 2.45) is 0 Å². The second-order valence-corrected chi connectivity index (χ2v) is 8.74. The van der Waals surface area contributed by atoms with Gasteiger partial charge in [0, 0.05) is 56.4 Å². The molecule has 0 saturated carbocycles. The maximum atomic E-state index is 4.76. The van der Waals surface area contributed by atoms with Crippen LogP contribution in [-0.2, 0) is 23.7 Å². The summed E-state index contributed by atoms with van der Waals surface area (Å²) in [7, 11) is 12.9. The van der Waals surface area contributed by atoms with Crippen LogP contribution in [0.2, 0.25) is 0 Å². The molecule has 0 bridgehead atoms. The zero-order valence-corrected chi connectivity index (χ0v) is 26.2. The van der Waals surface area contributed by atoms with E-state index in [0.717, 1.165) is 33.8 Å². The van der Waals surface area contributed by atoms with Crippen LogP contribution in [0.1, 0.15) is 16.7 Å². The Labute approximate surface area is 233 Å². The molecule has 4 nitrogen and oxygen atoms in total. The number of pyridine rings is 2. The van der Waals surface area contributed by atoms with Crippen LogP contribution in [0.25, 0.3) is 0 Å². The van der Waals surface area contributed by atoms with E-state index in [0.29, 0.717) is 0 Å². The monoisotopic (exact) mass is 602 g/mol. The first-order valence-corrected chi connectivity index (χ1v) is 15.6. The fourth-order valence-corrected chi connectivity index (χ4v) is 3.03. The quantitative estimate of drug-likeness (QED) is 0.182. The molecule has 0 aliphatic heterocycles. The summed E-state index contributed by atoms with van der Waals surface area (Å²) < 4.78 is 1.12. The van der Waals surface area contributed by atoms with Crippen molar-refractivity contribution in [2.75, 3.05) is 38.0 Å². The Morgan fingerprint density at radius 2 is 1.03 bits per heavy atom. The van der Waals surface area contributed by atoms with Crippen LogP contribution in [0, 0.1) is 6.92 Å². The summed E-state index contributed by atoms with van der Waals surface area (Å²) in [5.74, 6) is 0. The first-order valence-electron chi connectivity index (χ1n) is 10.9. The molecule has 2 aromatic heterocycles. The van der Waals surface area contributed by atoms with E-state index in [-0.39, 0.29) is 0 Å². The summed E-state index contributed by atoms with van der Waals surface area (Å²) in [6.07, 6.45) is 8.09. The first kappa shape index (κ1) is 30.6. The molecule has 2 aromatic carbocycles. The molecule has 0 amide bonds. The fourth-order valence-electron chi connectivity index (χ4n) is 2.77. The van der Waals surface area contributed by atoms with Crippen molar-refractivity contribution < 1.29 is 17.3 Å². The number of nitrogens with zero attached hydrogens (tertiary/aromatic N) is 4. The second kappa shape index (κ2) is 18.0. The van der Waals surface area contributed by atoms with Crippen molar-refractivity contribution >= 4 is 37.0 Å². The predicted molar refractivity (Wildman–Crippen MR) is 151 cm³/mol. The van der Waals surface area contributed by atoms with Gasteiger partial charge in [-0.15, -0.1) is 12.1 Å². The number of aromatic nitrogens is 2. The van der Waals surface area contributed by atoms with Gasteiger partial charge in [0.05, 0.1) is 0 Å². The molecular weight excluding hydrogens is 573 g/mol. The third-order valence-electron chi connectivity index (χ3n) is 4.70. The minimum absolute atomic E-state index is 0.847. The van der Waals surface area contributed by atoms with Crippen molar-refractivity contribution in [3.8, 4) is 0 Å². The van der Waals surface area contributed by atoms with Crippen molar-refractivity contribution in [1.29, 1.82) is 0 Å². The Kier molecular flexibility index (Phi) is 15.7. The van der Waals surface area contributed by atoms with Gasteiger partial charge in [-0.2, -0.15) is 12.5 Å². The number of anilines is 2. The van der Waals surface area contributed by atoms with Crippen molar-refractivity contribution in [3.05, 3.63) is 126 Å². The normalized spacial score (nSPS) is 9.26. The summed E-state index contributed by atoms with van der Waals surface area (Å²) in [5.41, 5.74) is 6.10. The number of rotatable bonds is 4. The minimum atomic E-state index is 0.847. The Balaban J connectivity index is 0.000000276. The van der Waals surface area contributed by atoms with Crippen LogP contribution in [0.5, 0.6) is 0 Å². The van der Waals surface area contributed by atoms with Gasteiger partial charge in [-0.3, -0.25) is 9.97 Å². The molecule has 4 rings (SSSR count). The molecule has 0 radical (unpaired) electrons. The standard InChI is InChI=1S/C14H16N2.C8H10BrN.C6H6N.ClH.Zn/c1-16(2)14-5-3-12(4-6-14)11-13-7-9-15-10-8-13;1-10(2)8-5-3-7(9)4-6-8;1-6-2-4-7-5-3-6;;/h3-10H,11H2,1-2H3;3-6H,1-2H3;2-5H,1H2;1H;/q;;-1;;+2/p-1. The van der Waals surface area contributed by atoms with Crippen molar-refractivity contribution in [2.45, 2.75) is 6.42 Å². The van der Waals surface area contributed by atoms with Gasteiger partial charge in [0.1, 0.15) is 0 Å². The fraction of sp³-hybridized carbons (Fsp3) is 0.179. The zero-order valence-electron chi connectivity index (χ0n) is 20.9. The molecule has 4 aromatic rings. The third-order valence-corrected chi connectivity index (χ3v) is 5.23. The van der Waals surface area contributed by atoms with E-state index in [9.17, 15) is 0 Å². The third kappa shape index (κ3) is 13.3. The van der Waals surface area contributed by atoms with Crippen molar-refractivity contribution in [3.63, 3.8) is 0 Å². The van der Waals surface area contributed by atoms with E-state index >= 15 is 0 Å². The topological polar surface area (TPSA) is 32.3 Å². The van der Waals surface area contributed by atoms with Gasteiger partial charge in [0.25, 0.3) is 0 Å². The van der Waals surface area contributed by atoms with E-state index in [1.54, 1.807) is 12.4 Å². The van der Waals surface area contributed by atoms with Crippen LogP contribution in [-0.4, -0.2) is 38.2 Å². The van der Waals surface area contributed by atoms with Gasteiger partial charge < -0.3 is 9.80 Å². The van der Waals surface area contributed by atoms with Crippen LogP contribution >= 0.6 is 25.6 Å². The van der Waals surface area contributed by atoms with E-state index in [4.69, 9.17) is 9.69 Å². The Hall–Kier alpha value is -2.40. The van der Waals surface area contributed by atoms with Gasteiger partial charge in [0.2, 0.25) is 0 Å². The summed E-state index contributed by atoms with van der Waals surface area (Å²) in [6, 6.07) is 24.7. The summed E-state index contributed by atoms with van der Waals surface area (Å²) in [4.78, 5) is 12.0. The molecule has 35 heavy (non-hydrogen) atoms. The number of hydrogen-bond donors (Lipinski definition) is 0. The van der Waals surface area contributed by atoms with Gasteiger partial charge >= 0.3 is 27.0 Å². The van der Waals surface area contributed by atoms with E-state index in [1.165, 1.54) is 22.5 Å². The molecule has 2 heterocycles. The molecular formula is C28H32BrClN4Zn. The van der Waals surface area contributed by atoms with Crippen molar-refractivity contribution in [1.82, 2.24) is 9.97 Å². The molecule has 0 atom stereocenters. The summed E-state index contributed by atoms with van der Waals surface area (Å²) in [6.45, 7) is 3.68. The van der Waals surface area contributed by atoms with Crippen LogP contribution < -0.4 is 9.80 Å². The van der Waals surface area contributed by atoms with Crippen LogP contribution in [0.4, 0.5) is 11.4 Å². The van der Waals surface area contributed by atoms with E-state index in [1.807, 2.05) is 50.8 Å². The van der Waals surface area contributed by atoms with Gasteiger partial charge in [-0.25, -0.2) is 0 Å². The number of benzene rings is 2. The molecule has 0 unspecified atom stereocenters. The summed E-state index contributed by atoms with van der Waals surface area (Å²) in [5, 5.41) is 0. The Morgan fingerprint density at radius 3 is 1.40 bits per heavy atom. The Bertz CT molecular complexity index is 1050. The Morgan fingerprint density at radius 1 is 0.657 bits per heavy atom.